The van der Waals surface area contributed by atoms with Crippen LogP contribution in [0.25, 0.3) is 0 Å². The number of pyridine rings is 1. The van der Waals surface area contributed by atoms with Gasteiger partial charge in [0.05, 0.1) is 6.61 Å². The van der Waals surface area contributed by atoms with Crippen LogP contribution in [-0.4, -0.2) is 23.7 Å². The Kier molecular flexibility index (Phi) is 6.81. The first-order chi connectivity index (χ1) is 8.72. The van der Waals surface area contributed by atoms with Gasteiger partial charge < -0.3 is 0 Å². The summed E-state index contributed by atoms with van der Waals surface area (Å²) < 4.78 is 0. The van der Waals surface area contributed by atoms with Gasteiger partial charge in [-0.3, -0.25) is 14.9 Å². The fraction of sp³-hybridized carbons (Fsp3) is 0.400. The Balaban J connectivity index is 2.34. The molecule has 0 amide bonds. The Hall–Kier alpha value is -1.61. The molecule has 0 bridgehead atoms. The molecule has 0 saturated heterocycles. The van der Waals surface area contributed by atoms with E-state index in [2.05, 4.69) is 24.1 Å². The third-order valence-corrected chi connectivity index (χ3v) is 2.51. The average Bonchev–Trinajstić information content (AvgIpc) is 2.38. The number of hydroxylamine groups is 2. The molecule has 0 aliphatic carbocycles. The minimum Gasteiger partial charge on any atom is -0.275 e. The molecule has 1 rings (SSSR count). The minimum atomic E-state index is 0.684. The second kappa shape index (κ2) is 8.48. The highest BCUT2D eigenvalue weighted by Crippen LogP contribution is 2.06. The molecule has 98 valence electrons. The van der Waals surface area contributed by atoms with E-state index in [0.29, 0.717) is 6.61 Å². The maximum Gasteiger partial charge on any atom is 0.0720 e. The van der Waals surface area contributed by atoms with Crippen molar-refractivity contribution in [1.82, 2.24) is 10.0 Å². The molecule has 0 atom stereocenters. The van der Waals surface area contributed by atoms with Gasteiger partial charge in [0, 0.05) is 25.1 Å². The minimum absolute atomic E-state index is 0.684. The molecular weight excluding hydrogens is 224 g/mol. The highest BCUT2D eigenvalue weighted by molar-refractivity contribution is 5.12. The van der Waals surface area contributed by atoms with Crippen LogP contribution in [0.3, 0.4) is 0 Å². The van der Waals surface area contributed by atoms with Crippen molar-refractivity contribution in [1.29, 1.82) is 0 Å². The van der Waals surface area contributed by atoms with Crippen LogP contribution in [0.2, 0.25) is 0 Å². The Morgan fingerprint density at radius 2 is 2.28 bits per heavy atom. The van der Waals surface area contributed by atoms with E-state index in [-0.39, 0.29) is 0 Å². The third-order valence-electron chi connectivity index (χ3n) is 2.51. The van der Waals surface area contributed by atoms with Gasteiger partial charge >= 0.3 is 0 Å². The molecular formula is C15H22N2O. The van der Waals surface area contributed by atoms with Crippen molar-refractivity contribution in [2.45, 2.75) is 26.7 Å². The van der Waals surface area contributed by atoms with Crippen LogP contribution >= 0.6 is 0 Å². The van der Waals surface area contributed by atoms with Crippen molar-refractivity contribution in [3.63, 3.8) is 0 Å². The van der Waals surface area contributed by atoms with Gasteiger partial charge in [-0.25, -0.2) is 0 Å². The molecule has 3 heteroatoms. The summed E-state index contributed by atoms with van der Waals surface area (Å²) >= 11 is 0. The lowest BCUT2D eigenvalue weighted by molar-refractivity contribution is -0.0937. The molecule has 0 spiro atoms. The van der Waals surface area contributed by atoms with Crippen molar-refractivity contribution >= 4 is 0 Å². The number of aromatic nitrogens is 1. The predicted molar refractivity (Wildman–Crippen MR) is 74.8 cm³/mol. The molecule has 0 saturated carbocycles. The van der Waals surface area contributed by atoms with E-state index in [0.717, 1.165) is 18.5 Å². The Morgan fingerprint density at radius 3 is 2.94 bits per heavy atom. The van der Waals surface area contributed by atoms with Gasteiger partial charge in [-0.15, -0.1) is 0 Å². The van der Waals surface area contributed by atoms with E-state index in [4.69, 9.17) is 4.84 Å². The van der Waals surface area contributed by atoms with Gasteiger partial charge in [0.25, 0.3) is 0 Å². The quantitative estimate of drug-likeness (QED) is 0.545. The number of rotatable bonds is 7. The van der Waals surface area contributed by atoms with Crippen LogP contribution in [0.4, 0.5) is 0 Å². The zero-order valence-corrected chi connectivity index (χ0v) is 11.5. The first kappa shape index (κ1) is 14.5. The van der Waals surface area contributed by atoms with E-state index < -0.39 is 0 Å². The summed E-state index contributed by atoms with van der Waals surface area (Å²) in [5.41, 5.74) is 2.47. The molecule has 1 heterocycles. The molecule has 1 aromatic heterocycles. The van der Waals surface area contributed by atoms with E-state index in [1.807, 2.05) is 44.6 Å². The summed E-state index contributed by atoms with van der Waals surface area (Å²) in [6, 6.07) is 6.03. The fourth-order valence-corrected chi connectivity index (χ4v) is 1.53. The standard InChI is InChI=1S/C15H22N2O/c1-4-18-17(3)13-7-8-14(2)10-11-15-9-5-6-12-16-15/h5-9,12-13H,4,10-11H2,1-3H3/b13-7-,14-8+. The van der Waals surface area contributed by atoms with Gasteiger partial charge in [0.1, 0.15) is 0 Å². The van der Waals surface area contributed by atoms with Crippen LogP contribution in [0.5, 0.6) is 0 Å². The van der Waals surface area contributed by atoms with Gasteiger partial charge in [-0.2, -0.15) is 0 Å². The maximum atomic E-state index is 5.26. The van der Waals surface area contributed by atoms with Crippen molar-refractivity contribution in [3.8, 4) is 0 Å². The van der Waals surface area contributed by atoms with Crippen molar-refractivity contribution in [3.05, 3.63) is 54.0 Å². The first-order valence-corrected chi connectivity index (χ1v) is 6.32. The predicted octanol–water partition coefficient (Wildman–Crippen LogP) is 3.36. The maximum absolute atomic E-state index is 5.26. The molecule has 0 fully saturated rings. The van der Waals surface area contributed by atoms with Crippen LogP contribution in [0.1, 0.15) is 26.0 Å². The third kappa shape index (κ3) is 6.21. The molecule has 0 radical (unpaired) electrons. The summed E-state index contributed by atoms with van der Waals surface area (Å²) in [5, 5.41) is 1.71. The monoisotopic (exact) mass is 246 g/mol. The van der Waals surface area contributed by atoms with E-state index in [1.54, 1.807) is 5.06 Å². The topological polar surface area (TPSA) is 25.4 Å². The number of aryl methyl sites for hydroxylation is 1. The number of allylic oxidation sites excluding steroid dienone is 3. The second-order valence-electron chi connectivity index (χ2n) is 4.14. The SMILES string of the molecule is CCON(C)/C=C\C=C(/C)CCc1ccccn1. The number of hydrogen-bond donors (Lipinski definition) is 0. The second-order valence-corrected chi connectivity index (χ2v) is 4.14. The fourth-order valence-electron chi connectivity index (χ4n) is 1.53. The van der Waals surface area contributed by atoms with Gasteiger partial charge in [-0.05, 0) is 44.9 Å². The normalized spacial score (nSPS) is 12.1. The molecule has 0 aliphatic rings. The molecule has 0 N–H and O–H groups in total. The van der Waals surface area contributed by atoms with Crippen LogP contribution in [-0.2, 0) is 11.3 Å². The van der Waals surface area contributed by atoms with E-state index in [1.165, 1.54) is 5.57 Å². The summed E-state index contributed by atoms with van der Waals surface area (Å²) in [6.07, 6.45) is 9.87. The van der Waals surface area contributed by atoms with E-state index in [9.17, 15) is 0 Å². The average molecular weight is 246 g/mol. The lowest BCUT2D eigenvalue weighted by Gasteiger charge is -2.10. The van der Waals surface area contributed by atoms with Gasteiger partial charge in [0.15, 0.2) is 0 Å². The number of nitrogens with zero attached hydrogens (tertiary/aromatic N) is 2. The van der Waals surface area contributed by atoms with Crippen LogP contribution in [0.15, 0.2) is 48.3 Å². The lowest BCUT2D eigenvalue weighted by atomic mass is 10.1. The molecule has 0 aliphatic heterocycles. The highest BCUT2D eigenvalue weighted by atomic mass is 16.7. The zero-order chi connectivity index (χ0) is 13.2. The highest BCUT2D eigenvalue weighted by Gasteiger charge is 1.94. The molecule has 0 unspecified atom stereocenters. The van der Waals surface area contributed by atoms with Gasteiger partial charge in [0.2, 0.25) is 0 Å². The molecule has 3 nitrogen and oxygen atoms in total. The summed E-state index contributed by atoms with van der Waals surface area (Å²) in [4.78, 5) is 9.57. The summed E-state index contributed by atoms with van der Waals surface area (Å²) in [5.74, 6) is 0. The summed E-state index contributed by atoms with van der Waals surface area (Å²) in [6.45, 7) is 4.79. The zero-order valence-electron chi connectivity index (χ0n) is 11.5. The molecule has 1 aromatic rings. The number of hydrogen-bond acceptors (Lipinski definition) is 3. The Morgan fingerprint density at radius 1 is 1.44 bits per heavy atom. The van der Waals surface area contributed by atoms with Crippen molar-refractivity contribution in [2.75, 3.05) is 13.7 Å². The molecule has 18 heavy (non-hydrogen) atoms. The first-order valence-electron chi connectivity index (χ1n) is 6.32. The largest absolute Gasteiger partial charge is 0.275 e. The smallest absolute Gasteiger partial charge is 0.0720 e. The Bertz CT molecular complexity index is 385. The Labute approximate surface area is 110 Å². The van der Waals surface area contributed by atoms with Crippen LogP contribution < -0.4 is 0 Å². The van der Waals surface area contributed by atoms with Crippen LogP contribution in [0, 0.1) is 0 Å². The molecule has 0 aromatic carbocycles. The summed E-state index contributed by atoms with van der Waals surface area (Å²) in [7, 11) is 1.89. The van der Waals surface area contributed by atoms with Gasteiger partial charge in [-0.1, -0.05) is 17.7 Å². The van der Waals surface area contributed by atoms with Crippen molar-refractivity contribution < 1.29 is 4.84 Å². The van der Waals surface area contributed by atoms with Crippen molar-refractivity contribution in [2.24, 2.45) is 0 Å². The van der Waals surface area contributed by atoms with E-state index >= 15 is 0 Å². The lowest BCUT2D eigenvalue weighted by Crippen LogP contribution is -2.10.